The van der Waals surface area contributed by atoms with Crippen molar-refractivity contribution in [1.82, 2.24) is 9.97 Å². The van der Waals surface area contributed by atoms with E-state index in [1.807, 2.05) is 82.4 Å². The number of benzene rings is 3. The second-order valence-corrected chi connectivity index (χ2v) is 16.9. The van der Waals surface area contributed by atoms with Crippen molar-refractivity contribution in [1.29, 1.82) is 0 Å². The van der Waals surface area contributed by atoms with E-state index >= 15 is 0 Å². The Morgan fingerprint density at radius 1 is 0.837 bits per heavy atom. The molecule has 3 aromatic heterocycles. The van der Waals surface area contributed by atoms with E-state index in [-0.39, 0.29) is 25.9 Å². The van der Waals surface area contributed by atoms with Crippen LogP contribution in [0, 0.1) is 17.9 Å². The number of halogens is 1. The third-order valence-electron chi connectivity index (χ3n) is 7.22. The summed E-state index contributed by atoms with van der Waals surface area (Å²) in [6.45, 7) is 14.5. The van der Waals surface area contributed by atoms with E-state index in [4.69, 9.17) is 7.16 Å². The molecule has 223 valence electrons. The normalized spacial score (nSPS) is 12.7. The van der Waals surface area contributed by atoms with Gasteiger partial charge in [-0.3, -0.25) is 0 Å². The van der Waals surface area contributed by atoms with E-state index in [1.54, 1.807) is 12.3 Å². The van der Waals surface area contributed by atoms with E-state index in [2.05, 4.69) is 47.8 Å². The number of pyridine rings is 2. The van der Waals surface area contributed by atoms with Crippen molar-refractivity contribution >= 4 is 35.2 Å². The van der Waals surface area contributed by atoms with Gasteiger partial charge in [0.1, 0.15) is 11.4 Å². The Bertz CT molecular complexity index is 1940. The molecule has 0 aliphatic heterocycles. The van der Waals surface area contributed by atoms with Crippen molar-refractivity contribution in [3.63, 3.8) is 0 Å². The molecular formula is C37H37FIrN2OSi-2. The maximum absolute atomic E-state index is 13.5. The topological polar surface area (TPSA) is 38.9 Å². The molecule has 3 aromatic carbocycles. The summed E-state index contributed by atoms with van der Waals surface area (Å²) in [5.74, 6) is -1.66. The fraction of sp³-hybridized carbons (Fsp3) is 0.243. The third-order valence-corrected chi connectivity index (χ3v) is 9.24. The van der Waals surface area contributed by atoms with Gasteiger partial charge in [-0.15, -0.1) is 54.1 Å². The van der Waals surface area contributed by atoms with Crippen LogP contribution in [0.2, 0.25) is 19.6 Å². The van der Waals surface area contributed by atoms with Crippen LogP contribution in [0.5, 0.6) is 0 Å². The second-order valence-electron chi connectivity index (χ2n) is 11.9. The number of hydrogen-bond donors (Lipinski definition) is 0. The monoisotopic (exact) mass is 767 g/mol. The molecule has 0 aliphatic rings. The number of rotatable bonds is 5. The zero-order chi connectivity index (χ0) is 31.9. The average molecular weight is 767 g/mol. The molecule has 0 unspecified atom stereocenters. The van der Waals surface area contributed by atoms with Gasteiger partial charge in [-0.25, -0.2) is 4.39 Å². The summed E-state index contributed by atoms with van der Waals surface area (Å²) in [7, 11) is -1.50. The Balaban J connectivity index is 0.000000204. The SMILES string of the molecule is [2H]C(C)(C)c1cc(-c2[c-]cccc2)ncc1[Si](C)(C)C.[2H]C(C)(C)c1ccnc(-c2[c-]ccc3c2oc2cc(F)ccc23)c1.[Ir]. The van der Waals surface area contributed by atoms with Crippen molar-refractivity contribution in [3.8, 4) is 22.5 Å². The van der Waals surface area contributed by atoms with Crippen LogP contribution < -0.4 is 5.19 Å². The van der Waals surface area contributed by atoms with Crippen molar-refractivity contribution < 1.29 is 31.7 Å². The summed E-state index contributed by atoms with van der Waals surface area (Å²) in [6, 6.07) is 28.3. The van der Waals surface area contributed by atoms with Gasteiger partial charge in [0, 0.05) is 46.7 Å². The van der Waals surface area contributed by atoms with E-state index in [1.165, 1.54) is 17.3 Å². The van der Waals surface area contributed by atoms with Gasteiger partial charge < -0.3 is 14.4 Å². The largest absolute Gasteiger partial charge is 0.500 e. The van der Waals surface area contributed by atoms with Crippen molar-refractivity contribution in [2.24, 2.45) is 0 Å². The Hall–Kier alpha value is -3.44. The minimum Gasteiger partial charge on any atom is -0.500 e. The molecule has 0 saturated heterocycles. The van der Waals surface area contributed by atoms with E-state index in [9.17, 15) is 4.39 Å². The van der Waals surface area contributed by atoms with Gasteiger partial charge in [0.05, 0.1) is 13.7 Å². The number of nitrogens with zero attached hydrogens (tertiary/aromatic N) is 2. The molecule has 3 nitrogen and oxygen atoms in total. The van der Waals surface area contributed by atoms with Crippen molar-refractivity contribution in [3.05, 3.63) is 114 Å². The number of fused-ring (bicyclic) bond motifs is 3. The first kappa shape index (κ1) is 29.6. The maximum Gasteiger partial charge on any atom is 0.126 e. The van der Waals surface area contributed by atoms with Crippen LogP contribution in [0.1, 0.15) is 53.4 Å². The van der Waals surface area contributed by atoms with Gasteiger partial charge in [-0.1, -0.05) is 81.5 Å². The van der Waals surface area contributed by atoms with Gasteiger partial charge in [-0.05, 0) is 46.6 Å². The predicted molar refractivity (Wildman–Crippen MR) is 175 cm³/mol. The summed E-state index contributed by atoms with van der Waals surface area (Å²) in [4.78, 5) is 9.02. The van der Waals surface area contributed by atoms with Crippen LogP contribution in [-0.4, -0.2) is 18.0 Å². The molecule has 0 bridgehead atoms. The molecule has 1 radical (unpaired) electrons. The molecule has 0 saturated carbocycles. The van der Waals surface area contributed by atoms with Crippen LogP contribution in [0.4, 0.5) is 4.39 Å². The Labute approximate surface area is 271 Å². The third kappa shape index (κ3) is 7.21. The Morgan fingerprint density at radius 3 is 2.30 bits per heavy atom. The smallest absolute Gasteiger partial charge is 0.126 e. The standard InChI is InChI=1S/C20H15FNO.C17H22NSi.Ir/c1-12(2)13-8-9-22-18(10-13)17-5-3-4-16-15-7-6-14(21)11-19(15)23-20(16)17;1-13(2)15-11-16(14-9-7-6-8-10-14)18-12-17(15)19(3,4)5;/h3-4,6-12H,1-2H3;6-9,11-13H,1-5H3;/q2*-1;/i12D;13D;. The van der Waals surface area contributed by atoms with E-state index in [0.717, 1.165) is 38.7 Å². The summed E-state index contributed by atoms with van der Waals surface area (Å²) in [6.07, 6.45) is 3.67. The molecule has 0 aliphatic carbocycles. The van der Waals surface area contributed by atoms with Crippen LogP contribution in [0.15, 0.2) is 89.6 Å². The maximum atomic E-state index is 13.5. The first-order valence-electron chi connectivity index (χ1n) is 15.1. The summed E-state index contributed by atoms with van der Waals surface area (Å²) >= 11 is 0. The zero-order valence-electron chi connectivity index (χ0n) is 27.6. The summed E-state index contributed by atoms with van der Waals surface area (Å²) < 4.78 is 36.0. The van der Waals surface area contributed by atoms with Crippen molar-refractivity contribution in [2.45, 2.75) is 59.1 Å². The summed E-state index contributed by atoms with van der Waals surface area (Å²) in [5.41, 5.74) is 6.39. The van der Waals surface area contributed by atoms with Crippen LogP contribution in [0.25, 0.3) is 44.5 Å². The number of hydrogen-bond acceptors (Lipinski definition) is 3. The fourth-order valence-corrected chi connectivity index (χ4v) is 6.53. The molecule has 0 amide bonds. The Morgan fingerprint density at radius 2 is 1.63 bits per heavy atom. The molecule has 6 rings (SSSR count). The second kappa shape index (κ2) is 13.5. The fourth-order valence-electron chi connectivity index (χ4n) is 4.95. The van der Waals surface area contributed by atoms with Gasteiger partial charge in [0.25, 0.3) is 0 Å². The van der Waals surface area contributed by atoms with Gasteiger partial charge in [-0.2, -0.15) is 0 Å². The number of furan rings is 1. The molecule has 3 heterocycles. The molecule has 0 N–H and O–H groups in total. The van der Waals surface area contributed by atoms with E-state index < -0.39 is 19.9 Å². The average Bonchev–Trinajstić information content (AvgIpc) is 3.34. The quantitative estimate of drug-likeness (QED) is 0.130. The minimum atomic E-state index is -1.50. The van der Waals surface area contributed by atoms with E-state index in [0.29, 0.717) is 16.9 Å². The number of aromatic nitrogens is 2. The van der Waals surface area contributed by atoms with Gasteiger partial charge in [0.15, 0.2) is 0 Å². The molecule has 6 heteroatoms. The van der Waals surface area contributed by atoms with Crippen LogP contribution in [-0.2, 0) is 20.1 Å². The minimum absolute atomic E-state index is 0. The van der Waals surface area contributed by atoms with Gasteiger partial charge >= 0.3 is 0 Å². The summed E-state index contributed by atoms with van der Waals surface area (Å²) in [5, 5.41) is 3.03. The van der Waals surface area contributed by atoms with Crippen LogP contribution >= 0.6 is 0 Å². The van der Waals surface area contributed by atoms with Gasteiger partial charge in [0.2, 0.25) is 0 Å². The van der Waals surface area contributed by atoms with Crippen LogP contribution in [0.3, 0.4) is 0 Å². The zero-order valence-corrected chi connectivity index (χ0v) is 29.0. The molecule has 43 heavy (non-hydrogen) atoms. The first-order valence-corrected chi connectivity index (χ1v) is 17.6. The molecule has 6 aromatic rings. The molecule has 0 spiro atoms. The van der Waals surface area contributed by atoms with Crippen molar-refractivity contribution in [2.75, 3.05) is 0 Å². The molecular weight excluding hydrogens is 728 g/mol. The Kier molecular flexibility index (Phi) is 9.27. The predicted octanol–water partition coefficient (Wildman–Crippen LogP) is 9.93. The first-order chi connectivity index (χ1) is 20.6. The molecule has 0 fully saturated rings. The molecule has 0 atom stereocenters.